The molecule has 0 fully saturated rings. The molecule has 1 amide bonds. The van der Waals surface area contributed by atoms with Gasteiger partial charge in [-0.05, 0) is 35.4 Å². The number of thioether (sulfide) groups is 1. The third-order valence-electron chi connectivity index (χ3n) is 5.97. The molecule has 0 aliphatic carbocycles. The van der Waals surface area contributed by atoms with Gasteiger partial charge in [-0.2, -0.15) is 5.26 Å². The lowest BCUT2D eigenvalue weighted by Gasteiger charge is -2.16. The molecule has 0 saturated heterocycles. The highest BCUT2D eigenvalue weighted by Gasteiger charge is 2.18. The minimum absolute atomic E-state index is 0.159. The second kappa shape index (κ2) is 12.6. The van der Waals surface area contributed by atoms with Gasteiger partial charge in [-0.15, -0.1) is 11.8 Å². The lowest BCUT2D eigenvalue weighted by molar-refractivity contribution is -0.115. The molecule has 4 aromatic rings. The van der Waals surface area contributed by atoms with Crippen LogP contribution in [0.2, 0.25) is 30.7 Å². The van der Waals surface area contributed by atoms with E-state index in [-0.39, 0.29) is 24.9 Å². The molecule has 0 spiro atoms. The number of nitriles is 1. The van der Waals surface area contributed by atoms with Crippen LogP contribution in [-0.2, 0) is 28.4 Å². The summed E-state index contributed by atoms with van der Waals surface area (Å²) in [7, 11) is -1.25. The van der Waals surface area contributed by atoms with E-state index in [1.807, 2.05) is 48.5 Å². The highest BCUT2D eigenvalue weighted by Crippen LogP contribution is 2.34. The summed E-state index contributed by atoms with van der Waals surface area (Å²) in [6.07, 6.45) is 0.159. The number of ether oxygens (including phenoxy) is 1. The van der Waals surface area contributed by atoms with Gasteiger partial charge in [0, 0.05) is 36.0 Å². The van der Waals surface area contributed by atoms with Crippen molar-refractivity contribution in [1.29, 1.82) is 5.26 Å². The van der Waals surface area contributed by atoms with E-state index in [0.29, 0.717) is 17.3 Å². The van der Waals surface area contributed by atoms with Gasteiger partial charge in [0.15, 0.2) is 0 Å². The second-order valence-corrected chi connectivity index (χ2v) is 17.3. The molecular formula is C29H31ClN4O2SSi. The highest BCUT2D eigenvalue weighted by atomic mass is 35.5. The van der Waals surface area contributed by atoms with Crippen molar-refractivity contribution >= 4 is 54.1 Å². The molecule has 0 aliphatic rings. The van der Waals surface area contributed by atoms with Gasteiger partial charge >= 0.3 is 0 Å². The summed E-state index contributed by atoms with van der Waals surface area (Å²) >= 11 is 7.89. The van der Waals surface area contributed by atoms with Crippen LogP contribution in [0.5, 0.6) is 0 Å². The fraction of sp³-hybridized carbons (Fsp3) is 0.276. The normalized spacial score (nSPS) is 11.4. The Morgan fingerprint density at radius 3 is 2.58 bits per heavy atom. The van der Waals surface area contributed by atoms with E-state index in [2.05, 4.69) is 48.1 Å². The maximum absolute atomic E-state index is 12.9. The molecule has 196 valence electrons. The van der Waals surface area contributed by atoms with Gasteiger partial charge in [0.25, 0.3) is 0 Å². The minimum atomic E-state index is -1.25. The average molecular weight is 563 g/mol. The van der Waals surface area contributed by atoms with Crippen LogP contribution in [0.4, 0.5) is 5.69 Å². The van der Waals surface area contributed by atoms with Crippen molar-refractivity contribution in [3.8, 4) is 6.07 Å². The first kappa shape index (κ1) is 27.9. The molecule has 9 heteroatoms. The van der Waals surface area contributed by atoms with Gasteiger partial charge in [0.1, 0.15) is 18.3 Å². The summed E-state index contributed by atoms with van der Waals surface area (Å²) in [4.78, 5) is 18.5. The van der Waals surface area contributed by atoms with Crippen LogP contribution in [0.1, 0.15) is 17.0 Å². The number of amides is 1. The molecule has 4 rings (SSSR count). The van der Waals surface area contributed by atoms with Crippen LogP contribution < -0.4 is 5.32 Å². The van der Waals surface area contributed by atoms with Gasteiger partial charge < -0.3 is 10.1 Å². The van der Waals surface area contributed by atoms with Crippen molar-refractivity contribution in [2.75, 3.05) is 11.9 Å². The zero-order valence-electron chi connectivity index (χ0n) is 21.8. The van der Waals surface area contributed by atoms with E-state index in [4.69, 9.17) is 16.3 Å². The molecule has 1 aromatic heterocycles. The SMILES string of the molecule is C[Si](C)(C)CCOCn1c(C#N)nc2c(SCc3ccccc3)cc(NC(=O)Cc3ccccc3Cl)cc21. The van der Waals surface area contributed by atoms with Crippen molar-refractivity contribution in [1.82, 2.24) is 9.55 Å². The Bertz CT molecular complexity index is 1460. The highest BCUT2D eigenvalue weighted by molar-refractivity contribution is 7.98. The van der Waals surface area contributed by atoms with Crippen LogP contribution in [0.15, 0.2) is 71.6 Å². The lowest BCUT2D eigenvalue weighted by atomic mass is 10.1. The molecule has 1 heterocycles. The van der Waals surface area contributed by atoms with Gasteiger partial charge in [-0.1, -0.05) is 79.8 Å². The lowest BCUT2D eigenvalue weighted by Crippen LogP contribution is -2.22. The number of imidazole rings is 1. The second-order valence-electron chi connectivity index (χ2n) is 10.3. The topological polar surface area (TPSA) is 79.9 Å². The average Bonchev–Trinajstić information content (AvgIpc) is 3.24. The maximum atomic E-state index is 12.9. The van der Waals surface area contributed by atoms with Crippen LogP contribution in [0.25, 0.3) is 11.0 Å². The number of carbonyl (C=O) groups excluding carboxylic acids is 1. The van der Waals surface area contributed by atoms with Gasteiger partial charge in [-0.25, -0.2) is 4.98 Å². The van der Waals surface area contributed by atoms with Crippen LogP contribution in [0, 0.1) is 11.3 Å². The van der Waals surface area contributed by atoms with E-state index >= 15 is 0 Å². The van der Waals surface area contributed by atoms with E-state index < -0.39 is 8.07 Å². The van der Waals surface area contributed by atoms with Crippen LogP contribution in [0.3, 0.4) is 0 Å². The molecule has 0 bridgehead atoms. The third-order valence-corrected chi connectivity index (χ3v) is 9.14. The third kappa shape index (κ3) is 7.48. The number of nitrogens with zero attached hydrogens (tertiary/aromatic N) is 3. The standard InChI is InChI=1S/C29H31ClN4O2SSi/c1-38(2,3)14-13-36-20-34-25-16-23(32-28(35)15-22-11-7-8-12-24(22)30)17-26(29(25)33-27(34)18-31)37-19-21-9-5-4-6-10-21/h4-12,16-17H,13-15,19-20H2,1-3H3,(H,32,35). The predicted octanol–water partition coefficient (Wildman–Crippen LogP) is 7.35. The molecule has 0 radical (unpaired) electrons. The number of aromatic nitrogens is 2. The monoisotopic (exact) mass is 562 g/mol. The Labute approximate surface area is 234 Å². The first-order valence-electron chi connectivity index (χ1n) is 12.5. The molecule has 0 atom stereocenters. The van der Waals surface area contributed by atoms with E-state index in [0.717, 1.165) is 33.3 Å². The summed E-state index contributed by atoms with van der Waals surface area (Å²) in [5.41, 5.74) is 4.05. The van der Waals surface area contributed by atoms with Crippen molar-refractivity contribution in [3.63, 3.8) is 0 Å². The molecule has 6 nitrogen and oxygen atoms in total. The molecule has 0 unspecified atom stereocenters. The maximum Gasteiger partial charge on any atom is 0.228 e. The summed E-state index contributed by atoms with van der Waals surface area (Å²) < 4.78 is 7.77. The Kier molecular flexibility index (Phi) is 9.29. The fourth-order valence-electron chi connectivity index (χ4n) is 3.88. The molecule has 1 N–H and O–H groups in total. The smallest absolute Gasteiger partial charge is 0.228 e. The number of hydrogen-bond acceptors (Lipinski definition) is 5. The van der Waals surface area contributed by atoms with E-state index in [1.54, 1.807) is 22.4 Å². The zero-order chi connectivity index (χ0) is 27.1. The first-order valence-corrected chi connectivity index (χ1v) is 17.5. The number of fused-ring (bicyclic) bond motifs is 1. The molecule has 0 aliphatic heterocycles. The van der Waals surface area contributed by atoms with Crippen LogP contribution in [-0.4, -0.2) is 30.1 Å². The Morgan fingerprint density at radius 2 is 1.87 bits per heavy atom. The molecule has 3 aromatic carbocycles. The van der Waals surface area contributed by atoms with Crippen molar-refractivity contribution < 1.29 is 9.53 Å². The van der Waals surface area contributed by atoms with E-state index in [1.165, 1.54) is 5.56 Å². The molecule has 38 heavy (non-hydrogen) atoms. The number of nitrogens with one attached hydrogen (secondary N) is 1. The van der Waals surface area contributed by atoms with Gasteiger partial charge in [0.05, 0.1) is 11.9 Å². The Hall–Kier alpha value is -3.09. The number of carbonyl (C=O) groups is 1. The number of benzene rings is 3. The number of hydrogen-bond donors (Lipinski definition) is 1. The van der Waals surface area contributed by atoms with Gasteiger partial charge in [-0.3, -0.25) is 9.36 Å². The zero-order valence-corrected chi connectivity index (χ0v) is 24.4. The number of anilines is 1. The first-order chi connectivity index (χ1) is 18.2. The summed E-state index contributed by atoms with van der Waals surface area (Å²) in [6.45, 7) is 7.76. The Morgan fingerprint density at radius 1 is 1.13 bits per heavy atom. The predicted molar refractivity (Wildman–Crippen MR) is 158 cm³/mol. The molecular weight excluding hydrogens is 532 g/mol. The minimum Gasteiger partial charge on any atom is -0.361 e. The summed E-state index contributed by atoms with van der Waals surface area (Å²) in [5.74, 6) is 0.845. The van der Waals surface area contributed by atoms with Gasteiger partial charge in [0.2, 0.25) is 11.7 Å². The van der Waals surface area contributed by atoms with Crippen molar-refractivity contribution in [2.45, 2.75) is 49.5 Å². The summed E-state index contributed by atoms with van der Waals surface area (Å²) in [5, 5.41) is 13.4. The Balaban J connectivity index is 1.64. The van der Waals surface area contributed by atoms with Crippen LogP contribution >= 0.6 is 23.4 Å². The quantitative estimate of drug-likeness (QED) is 0.117. The largest absolute Gasteiger partial charge is 0.361 e. The van der Waals surface area contributed by atoms with E-state index in [9.17, 15) is 10.1 Å². The summed E-state index contributed by atoms with van der Waals surface area (Å²) in [6, 6.07) is 24.5. The number of halogens is 1. The van der Waals surface area contributed by atoms with Crippen molar-refractivity contribution in [2.24, 2.45) is 0 Å². The number of rotatable bonds is 11. The fourth-order valence-corrected chi connectivity index (χ4v) is 5.85. The molecule has 0 saturated carbocycles. The van der Waals surface area contributed by atoms with Crippen molar-refractivity contribution in [3.05, 3.63) is 88.7 Å².